The normalized spacial score (nSPS) is 15.4. The number of urea groups is 1. The Morgan fingerprint density at radius 3 is 2.50 bits per heavy atom. The third-order valence-electron chi connectivity index (χ3n) is 4.80. The number of rotatable bonds is 6. The molecule has 0 aliphatic carbocycles. The summed E-state index contributed by atoms with van der Waals surface area (Å²) in [5.74, 6) is 0.794. The molecule has 2 amide bonds. The first kappa shape index (κ1) is 18.3. The number of hydrogen-bond acceptors (Lipinski definition) is 3. The Kier molecular flexibility index (Phi) is 6.50. The first-order valence-electron chi connectivity index (χ1n) is 9.17. The zero-order valence-electron chi connectivity index (χ0n) is 15.3. The first-order chi connectivity index (χ1) is 12.7. The molecule has 2 aromatic rings. The number of hydrogen-bond donors (Lipinski definition) is 2. The van der Waals surface area contributed by atoms with Gasteiger partial charge in [0.25, 0.3) is 0 Å². The fraction of sp³-hybridized carbons (Fsp3) is 0.381. The Bertz CT molecular complexity index is 697. The van der Waals surface area contributed by atoms with Gasteiger partial charge in [-0.15, -0.1) is 0 Å². The summed E-state index contributed by atoms with van der Waals surface area (Å²) in [5.41, 5.74) is 2.32. The third-order valence-corrected chi connectivity index (χ3v) is 4.80. The van der Waals surface area contributed by atoms with Crippen LogP contribution in [0.3, 0.4) is 0 Å². The molecule has 5 heteroatoms. The molecule has 0 saturated carbocycles. The van der Waals surface area contributed by atoms with E-state index in [0.29, 0.717) is 6.54 Å². The summed E-state index contributed by atoms with van der Waals surface area (Å²) < 4.78 is 5.31. The molecule has 1 aliphatic rings. The van der Waals surface area contributed by atoms with Gasteiger partial charge in [-0.1, -0.05) is 48.5 Å². The molecule has 138 valence electrons. The molecular formula is C21H27N3O2. The maximum atomic E-state index is 12.2. The summed E-state index contributed by atoms with van der Waals surface area (Å²) in [5, 5.41) is 6.02. The molecule has 1 aliphatic heterocycles. The second-order valence-corrected chi connectivity index (χ2v) is 6.67. The predicted molar refractivity (Wildman–Crippen MR) is 103 cm³/mol. The summed E-state index contributed by atoms with van der Waals surface area (Å²) in [7, 11) is 1.64. The van der Waals surface area contributed by atoms with Gasteiger partial charge in [0.2, 0.25) is 0 Å². The average molecular weight is 353 g/mol. The third kappa shape index (κ3) is 5.23. The second-order valence-electron chi connectivity index (χ2n) is 6.67. The first-order valence-corrected chi connectivity index (χ1v) is 9.17. The maximum absolute atomic E-state index is 12.2. The molecule has 0 bridgehead atoms. The van der Waals surface area contributed by atoms with Crippen LogP contribution >= 0.6 is 0 Å². The van der Waals surface area contributed by atoms with Gasteiger partial charge in [-0.2, -0.15) is 0 Å². The van der Waals surface area contributed by atoms with E-state index in [4.69, 9.17) is 4.74 Å². The Labute approximate surface area is 155 Å². The van der Waals surface area contributed by atoms with Crippen molar-refractivity contribution >= 4 is 6.03 Å². The summed E-state index contributed by atoms with van der Waals surface area (Å²) in [6.07, 6.45) is 1.96. The lowest BCUT2D eigenvalue weighted by atomic mass is 10.0. The maximum Gasteiger partial charge on any atom is 0.315 e. The van der Waals surface area contributed by atoms with Crippen LogP contribution in [0.25, 0.3) is 0 Å². The minimum Gasteiger partial charge on any atom is -0.496 e. The number of nitrogens with one attached hydrogen (secondary N) is 2. The number of nitrogens with zero attached hydrogens (tertiary/aromatic N) is 1. The highest BCUT2D eigenvalue weighted by molar-refractivity contribution is 5.74. The number of benzene rings is 2. The minimum absolute atomic E-state index is 0.114. The van der Waals surface area contributed by atoms with E-state index >= 15 is 0 Å². The van der Waals surface area contributed by atoms with E-state index < -0.39 is 0 Å². The summed E-state index contributed by atoms with van der Waals surface area (Å²) in [4.78, 5) is 14.6. The monoisotopic (exact) mass is 353 g/mol. The fourth-order valence-corrected chi connectivity index (χ4v) is 3.34. The van der Waals surface area contributed by atoms with E-state index in [-0.39, 0.29) is 12.1 Å². The molecule has 1 heterocycles. The second kappa shape index (κ2) is 9.25. The van der Waals surface area contributed by atoms with Crippen LogP contribution in [0.1, 0.15) is 24.0 Å². The van der Waals surface area contributed by atoms with Crippen molar-refractivity contribution in [2.75, 3.05) is 20.2 Å². The smallest absolute Gasteiger partial charge is 0.315 e. The van der Waals surface area contributed by atoms with Crippen LogP contribution in [0, 0.1) is 0 Å². The standard InChI is InChI=1S/C21H27N3O2/c1-26-20-10-6-5-9-18(20)15-22-21(25)23-19-11-13-24(14-12-19)16-17-7-3-2-4-8-17/h2-10,19H,11-16H2,1H3,(H2,22,23,25). The zero-order chi connectivity index (χ0) is 18.2. The Morgan fingerprint density at radius 1 is 1.08 bits per heavy atom. The van der Waals surface area contributed by atoms with Crippen molar-refractivity contribution in [2.45, 2.75) is 32.0 Å². The van der Waals surface area contributed by atoms with Crippen molar-refractivity contribution in [1.82, 2.24) is 15.5 Å². The van der Waals surface area contributed by atoms with Crippen molar-refractivity contribution in [3.05, 3.63) is 65.7 Å². The van der Waals surface area contributed by atoms with Crippen molar-refractivity contribution in [3.8, 4) is 5.75 Å². The van der Waals surface area contributed by atoms with Gasteiger partial charge >= 0.3 is 6.03 Å². The number of likely N-dealkylation sites (tertiary alicyclic amines) is 1. The van der Waals surface area contributed by atoms with Crippen LogP contribution in [-0.2, 0) is 13.1 Å². The predicted octanol–water partition coefficient (Wildman–Crippen LogP) is 3.16. The van der Waals surface area contributed by atoms with Crippen LogP contribution in [0.5, 0.6) is 5.75 Å². The molecule has 5 nitrogen and oxygen atoms in total. The highest BCUT2D eigenvalue weighted by Gasteiger charge is 2.20. The van der Waals surface area contributed by atoms with Crippen LogP contribution in [-0.4, -0.2) is 37.2 Å². The molecule has 1 saturated heterocycles. The topological polar surface area (TPSA) is 53.6 Å². The van der Waals surface area contributed by atoms with Gasteiger partial charge < -0.3 is 15.4 Å². The van der Waals surface area contributed by atoms with Crippen LogP contribution < -0.4 is 15.4 Å². The Morgan fingerprint density at radius 2 is 1.77 bits per heavy atom. The lowest BCUT2D eigenvalue weighted by molar-refractivity contribution is 0.186. The Balaban J connectivity index is 1.39. The molecule has 0 spiro atoms. The number of piperidine rings is 1. The summed E-state index contributed by atoms with van der Waals surface area (Å²) in [6, 6.07) is 18.4. The number of amides is 2. The molecule has 3 rings (SSSR count). The summed E-state index contributed by atoms with van der Waals surface area (Å²) in [6.45, 7) is 3.45. The molecule has 0 unspecified atom stereocenters. The van der Waals surface area contributed by atoms with E-state index in [1.54, 1.807) is 7.11 Å². The molecular weight excluding hydrogens is 326 g/mol. The number of methoxy groups -OCH3 is 1. The van der Waals surface area contributed by atoms with Crippen molar-refractivity contribution in [1.29, 1.82) is 0 Å². The van der Waals surface area contributed by atoms with Gasteiger partial charge in [0.15, 0.2) is 0 Å². The van der Waals surface area contributed by atoms with Crippen LogP contribution in [0.15, 0.2) is 54.6 Å². The van der Waals surface area contributed by atoms with E-state index in [1.807, 2.05) is 30.3 Å². The van der Waals surface area contributed by atoms with Gasteiger partial charge in [0.05, 0.1) is 7.11 Å². The van der Waals surface area contributed by atoms with Crippen LogP contribution in [0.2, 0.25) is 0 Å². The summed E-state index contributed by atoms with van der Waals surface area (Å²) >= 11 is 0. The average Bonchev–Trinajstić information content (AvgIpc) is 2.69. The van der Waals surface area contributed by atoms with E-state index in [2.05, 4.69) is 39.8 Å². The molecule has 1 fully saturated rings. The lowest BCUT2D eigenvalue weighted by Crippen LogP contribution is -2.47. The molecule has 26 heavy (non-hydrogen) atoms. The van der Waals surface area contributed by atoms with Gasteiger partial charge in [0, 0.05) is 37.8 Å². The van der Waals surface area contributed by atoms with Gasteiger partial charge in [-0.3, -0.25) is 4.90 Å². The number of carbonyl (C=O) groups is 1. The highest BCUT2D eigenvalue weighted by Crippen LogP contribution is 2.17. The van der Waals surface area contributed by atoms with Crippen molar-refractivity contribution < 1.29 is 9.53 Å². The number of para-hydroxylation sites is 1. The largest absolute Gasteiger partial charge is 0.496 e. The van der Waals surface area contributed by atoms with Gasteiger partial charge in [-0.05, 0) is 24.5 Å². The molecule has 2 aromatic carbocycles. The van der Waals surface area contributed by atoms with Crippen molar-refractivity contribution in [3.63, 3.8) is 0 Å². The Hall–Kier alpha value is -2.53. The molecule has 2 N–H and O–H groups in total. The molecule has 0 atom stereocenters. The van der Waals surface area contributed by atoms with Crippen molar-refractivity contribution in [2.24, 2.45) is 0 Å². The van der Waals surface area contributed by atoms with E-state index in [1.165, 1.54) is 5.56 Å². The lowest BCUT2D eigenvalue weighted by Gasteiger charge is -2.32. The van der Waals surface area contributed by atoms with E-state index in [9.17, 15) is 4.79 Å². The number of carbonyl (C=O) groups excluding carboxylic acids is 1. The highest BCUT2D eigenvalue weighted by atomic mass is 16.5. The minimum atomic E-state index is -0.114. The number of ether oxygens (including phenoxy) is 1. The quantitative estimate of drug-likeness (QED) is 0.839. The fourth-order valence-electron chi connectivity index (χ4n) is 3.34. The van der Waals surface area contributed by atoms with Gasteiger partial charge in [0.1, 0.15) is 5.75 Å². The zero-order valence-corrected chi connectivity index (χ0v) is 15.3. The van der Waals surface area contributed by atoms with Crippen LogP contribution in [0.4, 0.5) is 4.79 Å². The molecule has 0 aromatic heterocycles. The van der Waals surface area contributed by atoms with Gasteiger partial charge in [-0.25, -0.2) is 4.79 Å². The SMILES string of the molecule is COc1ccccc1CNC(=O)NC1CCN(Cc2ccccc2)CC1. The molecule has 0 radical (unpaired) electrons. The van der Waals surface area contributed by atoms with E-state index in [0.717, 1.165) is 43.8 Å².